The summed E-state index contributed by atoms with van der Waals surface area (Å²) in [5, 5.41) is 0.728. The Morgan fingerprint density at radius 2 is 1.86 bits per heavy atom. The summed E-state index contributed by atoms with van der Waals surface area (Å²) >= 11 is 0. The van der Waals surface area contributed by atoms with Crippen LogP contribution in [0, 0.1) is 6.92 Å². The average Bonchev–Trinajstić information content (AvgIpc) is 2.83. The van der Waals surface area contributed by atoms with Gasteiger partial charge in [0.1, 0.15) is 5.75 Å². The van der Waals surface area contributed by atoms with E-state index in [9.17, 15) is 8.42 Å². The van der Waals surface area contributed by atoms with Gasteiger partial charge in [-0.05, 0) is 31.2 Å². The fourth-order valence-corrected chi connectivity index (χ4v) is 3.82. The molecule has 2 heterocycles. The van der Waals surface area contributed by atoms with Crippen molar-refractivity contribution >= 4 is 21.1 Å². The molecule has 0 spiro atoms. The summed E-state index contributed by atoms with van der Waals surface area (Å²) in [5.41, 5.74) is 1.01. The van der Waals surface area contributed by atoms with Crippen molar-refractivity contribution in [2.75, 3.05) is 7.11 Å². The maximum atomic E-state index is 12.8. The summed E-state index contributed by atoms with van der Waals surface area (Å²) in [5.74, 6) is 0.594. The lowest BCUT2D eigenvalue weighted by molar-refractivity contribution is 0.413. The predicted octanol–water partition coefficient (Wildman–Crippen LogP) is 2.59. The number of hydrogen-bond donors (Lipinski definition) is 0. The molecule has 5 nitrogen and oxygen atoms in total. The van der Waals surface area contributed by atoms with Gasteiger partial charge in [-0.1, -0.05) is 18.2 Å². The molecule has 0 atom stereocenters. The monoisotopic (exact) mass is 302 g/mol. The molecule has 2 aromatic heterocycles. The summed E-state index contributed by atoms with van der Waals surface area (Å²) < 4.78 is 31.9. The predicted molar refractivity (Wildman–Crippen MR) is 80.0 cm³/mol. The number of nitrogens with zero attached hydrogens (tertiary/aromatic N) is 2. The molecule has 0 aliphatic rings. The molecule has 6 heteroatoms. The van der Waals surface area contributed by atoms with Crippen molar-refractivity contribution < 1.29 is 13.2 Å². The van der Waals surface area contributed by atoms with Crippen molar-refractivity contribution in [3.63, 3.8) is 0 Å². The first-order chi connectivity index (χ1) is 10.0. The second kappa shape index (κ2) is 4.89. The standard InChI is InChI=1S/C15H14N2O3S/c1-11-8-12-9-13(20-2)10-16-15(12)17(11)21(18,19)14-6-4-3-5-7-14/h3-10H,1-2H3. The Kier molecular flexibility index (Phi) is 3.17. The number of ether oxygens (including phenoxy) is 1. The molecular formula is C15H14N2O3S. The van der Waals surface area contributed by atoms with Gasteiger partial charge in [-0.3, -0.25) is 0 Å². The molecule has 0 fully saturated rings. The average molecular weight is 302 g/mol. The van der Waals surface area contributed by atoms with Gasteiger partial charge in [0.15, 0.2) is 5.65 Å². The molecule has 0 N–H and O–H groups in total. The maximum Gasteiger partial charge on any atom is 0.269 e. The van der Waals surface area contributed by atoms with Crippen LogP contribution >= 0.6 is 0 Å². The molecule has 3 aromatic rings. The molecule has 0 amide bonds. The van der Waals surface area contributed by atoms with E-state index in [1.54, 1.807) is 56.5 Å². The van der Waals surface area contributed by atoms with Gasteiger partial charge in [-0.2, -0.15) is 0 Å². The molecule has 0 radical (unpaired) electrons. The first-order valence-corrected chi connectivity index (χ1v) is 7.81. The van der Waals surface area contributed by atoms with E-state index in [-0.39, 0.29) is 4.90 Å². The third kappa shape index (κ3) is 2.17. The molecule has 108 valence electrons. The van der Waals surface area contributed by atoms with E-state index in [0.29, 0.717) is 17.1 Å². The minimum absolute atomic E-state index is 0.239. The molecular weight excluding hydrogens is 288 g/mol. The van der Waals surface area contributed by atoms with Gasteiger partial charge in [-0.15, -0.1) is 0 Å². The first-order valence-electron chi connectivity index (χ1n) is 6.37. The fourth-order valence-electron chi connectivity index (χ4n) is 2.29. The number of methoxy groups -OCH3 is 1. The van der Waals surface area contributed by atoms with Crippen molar-refractivity contribution in [2.24, 2.45) is 0 Å². The Morgan fingerprint density at radius 1 is 1.14 bits per heavy atom. The molecule has 0 saturated carbocycles. The topological polar surface area (TPSA) is 61.2 Å². The van der Waals surface area contributed by atoms with Gasteiger partial charge in [-0.25, -0.2) is 17.4 Å². The van der Waals surface area contributed by atoms with Gasteiger partial charge in [0.2, 0.25) is 0 Å². The molecule has 0 aliphatic heterocycles. The van der Waals surface area contributed by atoms with Gasteiger partial charge >= 0.3 is 0 Å². The van der Waals surface area contributed by atoms with Crippen LogP contribution in [-0.4, -0.2) is 24.5 Å². The lowest BCUT2D eigenvalue weighted by Gasteiger charge is -2.09. The molecule has 0 aliphatic carbocycles. The van der Waals surface area contributed by atoms with E-state index in [0.717, 1.165) is 5.39 Å². The minimum Gasteiger partial charge on any atom is -0.495 e. The number of rotatable bonds is 3. The highest BCUT2D eigenvalue weighted by molar-refractivity contribution is 7.90. The molecule has 3 rings (SSSR count). The van der Waals surface area contributed by atoms with E-state index in [1.165, 1.54) is 10.2 Å². The number of fused-ring (bicyclic) bond motifs is 1. The normalized spacial score (nSPS) is 11.7. The molecule has 0 unspecified atom stereocenters. The van der Waals surface area contributed by atoms with Crippen LogP contribution in [-0.2, 0) is 10.0 Å². The van der Waals surface area contributed by atoms with Crippen molar-refractivity contribution in [3.8, 4) is 5.75 Å². The summed E-state index contributed by atoms with van der Waals surface area (Å²) in [6.45, 7) is 1.74. The molecule has 0 bridgehead atoms. The van der Waals surface area contributed by atoms with Crippen LogP contribution in [0.2, 0.25) is 0 Å². The van der Waals surface area contributed by atoms with Crippen molar-refractivity contribution in [2.45, 2.75) is 11.8 Å². The first kappa shape index (κ1) is 13.6. The molecule has 0 saturated heterocycles. The lowest BCUT2D eigenvalue weighted by Crippen LogP contribution is -2.14. The summed E-state index contributed by atoms with van der Waals surface area (Å²) in [6, 6.07) is 11.9. The van der Waals surface area contributed by atoms with Crippen LogP contribution in [0.1, 0.15) is 5.69 Å². The van der Waals surface area contributed by atoms with E-state index in [2.05, 4.69) is 4.98 Å². The third-order valence-corrected chi connectivity index (χ3v) is 5.07. The molecule has 1 aromatic carbocycles. The summed E-state index contributed by atoms with van der Waals surface area (Å²) in [6.07, 6.45) is 1.51. The quantitative estimate of drug-likeness (QED) is 0.746. The second-order valence-electron chi connectivity index (χ2n) is 4.66. The van der Waals surface area contributed by atoms with Gasteiger partial charge < -0.3 is 4.74 Å². The Hall–Kier alpha value is -2.34. The zero-order valence-electron chi connectivity index (χ0n) is 11.6. The highest BCUT2D eigenvalue weighted by Crippen LogP contribution is 2.26. The van der Waals surface area contributed by atoms with Crippen molar-refractivity contribution in [1.29, 1.82) is 0 Å². The van der Waals surface area contributed by atoms with Gasteiger partial charge in [0.25, 0.3) is 10.0 Å². The van der Waals surface area contributed by atoms with Crippen LogP contribution < -0.4 is 4.74 Å². The van der Waals surface area contributed by atoms with Crippen molar-refractivity contribution in [3.05, 3.63) is 54.4 Å². The Balaban J connectivity index is 2.28. The molecule has 21 heavy (non-hydrogen) atoms. The van der Waals surface area contributed by atoms with Crippen LogP contribution in [0.5, 0.6) is 5.75 Å². The lowest BCUT2D eigenvalue weighted by atomic mass is 10.3. The van der Waals surface area contributed by atoms with E-state index < -0.39 is 10.0 Å². The Labute approximate surface area is 122 Å². The van der Waals surface area contributed by atoms with E-state index in [4.69, 9.17) is 4.74 Å². The van der Waals surface area contributed by atoms with Crippen LogP contribution in [0.4, 0.5) is 0 Å². The van der Waals surface area contributed by atoms with Crippen LogP contribution in [0.25, 0.3) is 11.0 Å². The zero-order valence-corrected chi connectivity index (χ0v) is 12.5. The fraction of sp³-hybridized carbons (Fsp3) is 0.133. The zero-order chi connectivity index (χ0) is 15.0. The Bertz CT molecular complexity index is 899. The minimum atomic E-state index is -3.66. The van der Waals surface area contributed by atoms with Crippen LogP contribution in [0.3, 0.4) is 0 Å². The Morgan fingerprint density at radius 3 is 2.52 bits per heavy atom. The number of benzene rings is 1. The number of pyridine rings is 1. The largest absolute Gasteiger partial charge is 0.495 e. The maximum absolute atomic E-state index is 12.8. The van der Waals surface area contributed by atoms with Gasteiger partial charge in [0, 0.05) is 11.1 Å². The summed E-state index contributed by atoms with van der Waals surface area (Å²) in [7, 11) is -2.11. The van der Waals surface area contributed by atoms with E-state index in [1.807, 2.05) is 0 Å². The third-order valence-electron chi connectivity index (χ3n) is 3.26. The van der Waals surface area contributed by atoms with Gasteiger partial charge in [0.05, 0.1) is 18.2 Å². The number of aryl methyl sites for hydroxylation is 1. The smallest absolute Gasteiger partial charge is 0.269 e. The highest BCUT2D eigenvalue weighted by Gasteiger charge is 2.22. The number of hydrogen-bond acceptors (Lipinski definition) is 4. The number of aromatic nitrogens is 2. The van der Waals surface area contributed by atoms with Crippen molar-refractivity contribution in [1.82, 2.24) is 8.96 Å². The second-order valence-corrected chi connectivity index (χ2v) is 6.44. The summed E-state index contributed by atoms with van der Waals surface area (Å²) in [4.78, 5) is 4.46. The SMILES string of the molecule is COc1cnc2c(c1)cc(C)n2S(=O)(=O)c1ccccc1. The van der Waals surface area contributed by atoms with Crippen LogP contribution in [0.15, 0.2) is 53.6 Å². The highest BCUT2D eigenvalue weighted by atomic mass is 32.2. The van der Waals surface area contributed by atoms with E-state index >= 15 is 0 Å².